The molecule has 0 fully saturated rings. The summed E-state index contributed by atoms with van der Waals surface area (Å²) < 4.78 is 12.5. The van der Waals surface area contributed by atoms with Crippen LogP contribution in [0, 0.1) is 25.2 Å². The van der Waals surface area contributed by atoms with Crippen LogP contribution in [0.5, 0.6) is 0 Å². The summed E-state index contributed by atoms with van der Waals surface area (Å²) in [4.78, 5) is 0.675. The van der Waals surface area contributed by atoms with Gasteiger partial charge in [0.25, 0.3) is 0 Å². The van der Waals surface area contributed by atoms with Crippen LogP contribution in [0.15, 0.2) is 41.3 Å². The summed E-state index contributed by atoms with van der Waals surface area (Å²) in [6.45, 7) is 3.83. The highest BCUT2D eigenvalue weighted by Crippen LogP contribution is 2.23. The number of hydrogen-bond donors (Lipinski definition) is 1. The summed E-state index contributed by atoms with van der Waals surface area (Å²) in [6.07, 6.45) is 0. The highest BCUT2D eigenvalue weighted by molar-refractivity contribution is 7.84. The van der Waals surface area contributed by atoms with E-state index in [-0.39, 0.29) is 0 Å². The van der Waals surface area contributed by atoms with E-state index in [0.717, 1.165) is 16.7 Å². The van der Waals surface area contributed by atoms with Gasteiger partial charge in [0.05, 0.1) is 38.8 Å². The summed E-state index contributed by atoms with van der Waals surface area (Å²) in [6, 6.07) is 13.1. The fourth-order valence-corrected chi connectivity index (χ4v) is 3.40. The summed E-state index contributed by atoms with van der Waals surface area (Å²) in [5.41, 5.74) is 10.1. The van der Waals surface area contributed by atoms with Crippen LogP contribution in [0.2, 0.25) is 0 Å². The van der Waals surface area contributed by atoms with Crippen LogP contribution in [-0.4, -0.2) is 4.21 Å². The second kappa shape index (κ2) is 5.89. The van der Waals surface area contributed by atoms with Crippen LogP contribution in [0.4, 0.5) is 5.69 Å². The van der Waals surface area contributed by atoms with E-state index in [9.17, 15) is 4.21 Å². The first-order chi connectivity index (χ1) is 9.52. The van der Waals surface area contributed by atoms with Gasteiger partial charge in [0.2, 0.25) is 0 Å². The van der Waals surface area contributed by atoms with Crippen molar-refractivity contribution in [1.82, 2.24) is 0 Å². The highest BCUT2D eigenvalue weighted by atomic mass is 32.2. The second-order valence-electron chi connectivity index (χ2n) is 4.73. The molecule has 2 rings (SSSR count). The lowest BCUT2D eigenvalue weighted by Gasteiger charge is -2.10. The Morgan fingerprint density at radius 2 is 1.95 bits per heavy atom. The lowest BCUT2D eigenvalue weighted by Crippen LogP contribution is -2.03. The molecule has 0 heterocycles. The van der Waals surface area contributed by atoms with Crippen molar-refractivity contribution in [2.45, 2.75) is 24.5 Å². The second-order valence-corrected chi connectivity index (χ2v) is 6.15. The van der Waals surface area contributed by atoms with Gasteiger partial charge < -0.3 is 5.73 Å². The number of benzene rings is 2. The van der Waals surface area contributed by atoms with Crippen molar-refractivity contribution in [3.05, 3.63) is 58.7 Å². The molecule has 0 saturated carbocycles. The Morgan fingerprint density at radius 1 is 1.20 bits per heavy atom. The number of rotatable bonds is 3. The van der Waals surface area contributed by atoms with E-state index in [1.165, 1.54) is 0 Å². The fraction of sp³-hybridized carbons (Fsp3) is 0.188. The van der Waals surface area contributed by atoms with Crippen molar-refractivity contribution in [1.29, 1.82) is 5.26 Å². The Bertz CT molecular complexity index is 717. The molecule has 0 aliphatic carbocycles. The molecular weight excluding hydrogens is 268 g/mol. The Hall–Kier alpha value is -2.12. The maximum Gasteiger partial charge on any atom is 0.0991 e. The topological polar surface area (TPSA) is 66.9 Å². The first-order valence-corrected chi connectivity index (χ1v) is 7.58. The first-order valence-electron chi connectivity index (χ1n) is 6.26. The Kier molecular flexibility index (Phi) is 4.21. The molecule has 0 radical (unpaired) electrons. The van der Waals surface area contributed by atoms with Gasteiger partial charge >= 0.3 is 0 Å². The molecular formula is C16H16N2OS. The summed E-state index contributed by atoms with van der Waals surface area (Å²) in [7, 11) is -1.18. The molecule has 0 bridgehead atoms. The minimum Gasteiger partial charge on any atom is -0.398 e. The van der Waals surface area contributed by atoms with Gasteiger partial charge in [-0.1, -0.05) is 18.2 Å². The molecule has 2 aromatic carbocycles. The van der Waals surface area contributed by atoms with Crippen LogP contribution < -0.4 is 5.73 Å². The van der Waals surface area contributed by atoms with E-state index in [1.807, 2.05) is 38.1 Å². The van der Waals surface area contributed by atoms with E-state index in [2.05, 4.69) is 6.07 Å². The number of anilines is 1. The Balaban J connectivity index is 2.29. The van der Waals surface area contributed by atoms with E-state index >= 15 is 0 Å². The van der Waals surface area contributed by atoms with Crippen molar-refractivity contribution in [2.24, 2.45) is 0 Å². The van der Waals surface area contributed by atoms with Crippen LogP contribution >= 0.6 is 0 Å². The minimum absolute atomic E-state index is 0.408. The summed E-state index contributed by atoms with van der Waals surface area (Å²) >= 11 is 0. The van der Waals surface area contributed by atoms with Gasteiger partial charge in [-0.05, 0) is 48.7 Å². The molecule has 0 amide bonds. The zero-order valence-corrected chi connectivity index (χ0v) is 12.3. The van der Waals surface area contributed by atoms with Crippen molar-refractivity contribution in [3.8, 4) is 6.07 Å². The summed E-state index contributed by atoms with van der Waals surface area (Å²) in [5, 5.41) is 8.85. The van der Waals surface area contributed by atoms with Gasteiger partial charge in [-0.2, -0.15) is 5.26 Å². The monoisotopic (exact) mass is 284 g/mol. The van der Waals surface area contributed by atoms with Crippen molar-refractivity contribution < 1.29 is 4.21 Å². The summed E-state index contributed by atoms with van der Waals surface area (Å²) in [5.74, 6) is 0.408. The van der Waals surface area contributed by atoms with Crippen molar-refractivity contribution in [3.63, 3.8) is 0 Å². The zero-order valence-electron chi connectivity index (χ0n) is 11.5. The SMILES string of the molecule is Cc1cc(C#N)ccc1CS(=O)c1cccc(C)c1N. The molecule has 4 heteroatoms. The standard InChI is InChI=1S/C16H16N2OS/c1-11-4-3-5-15(16(11)18)20(19)10-14-7-6-13(9-17)8-12(14)2/h3-8H,10,18H2,1-2H3. The Morgan fingerprint density at radius 3 is 2.60 bits per heavy atom. The number of aryl methyl sites for hydroxylation is 2. The molecule has 0 aromatic heterocycles. The van der Waals surface area contributed by atoms with Crippen molar-refractivity contribution in [2.75, 3.05) is 5.73 Å². The van der Waals surface area contributed by atoms with Gasteiger partial charge in [-0.25, -0.2) is 0 Å². The average Bonchev–Trinajstić information content (AvgIpc) is 2.44. The maximum absolute atomic E-state index is 12.5. The molecule has 0 saturated heterocycles. The number of hydrogen-bond acceptors (Lipinski definition) is 3. The highest BCUT2D eigenvalue weighted by Gasteiger charge is 2.11. The lowest BCUT2D eigenvalue weighted by atomic mass is 10.1. The Labute approximate surface area is 121 Å². The van der Waals surface area contributed by atoms with E-state index in [4.69, 9.17) is 11.0 Å². The minimum atomic E-state index is -1.18. The molecule has 2 N–H and O–H groups in total. The molecule has 1 unspecified atom stereocenters. The van der Waals surface area contributed by atoms with Crippen molar-refractivity contribution >= 4 is 16.5 Å². The molecule has 20 heavy (non-hydrogen) atoms. The van der Waals surface area contributed by atoms with Crippen LogP contribution in [0.25, 0.3) is 0 Å². The third-order valence-corrected chi connectivity index (χ3v) is 4.71. The lowest BCUT2D eigenvalue weighted by molar-refractivity contribution is 0.682. The van der Waals surface area contributed by atoms with Gasteiger partial charge in [0, 0.05) is 0 Å². The van der Waals surface area contributed by atoms with Gasteiger partial charge in [0.15, 0.2) is 0 Å². The third-order valence-electron chi connectivity index (χ3n) is 3.29. The molecule has 1 atom stereocenters. The molecule has 0 aliphatic rings. The number of para-hydroxylation sites is 1. The number of nitriles is 1. The van der Waals surface area contributed by atoms with E-state index < -0.39 is 10.8 Å². The van der Waals surface area contributed by atoms with Gasteiger partial charge in [-0.3, -0.25) is 4.21 Å². The molecule has 3 nitrogen and oxygen atoms in total. The molecule has 102 valence electrons. The molecule has 0 spiro atoms. The van der Waals surface area contributed by atoms with E-state index in [0.29, 0.717) is 21.9 Å². The number of nitrogens with two attached hydrogens (primary N) is 1. The van der Waals surface area contributed by atoms with E-state index in [1.54, 1.807) is 12.1 Å². The van der Waals surface area contributed by atoms with Gasteiger partial charge in [-0.15, -0.1) is 0 Å². The number of nitrogens with zero attached hydrogens (tertiary/aromatic N) is 1. The largest absolute Gasteiger partial charge is 0.398 e. The predicted octanol–water partition coefficient (Wildman–Crippen LogP) is 3.07. The number of nitrogen functional groups attached to an aromatic ring is 1. The molecule has 2 aromatic rings. The zero-order chi connectivity index (χ0) is 14.7. The third kappa shape index (κ3) is 2.89. The maximum atomic E-state index is 12.5. The van der Waals surface area contributed by atoms with Crippen LogP contribution in [0.1, 0.15) is 22.3 Å². The van der Waals surface area contributed by atoms with Gasteiger partial charge in [0.1, 0.15) is 0 Å². The average molecular weight is 284 g/mol. The van der Waals surface area contributed by atoms with Crippen LogP contribution in [-0.2, 0) is 16.6 Å². The quantitative estimate of drug-likeness (QED) is 0.881. The predicted molar refractivity (Wildman–Crippen MR) is 81.6 cm³/mol. The smallest absolute Gasteiger partial charge is 0.0991 e. The first kappa shape index (κ1) is 14.3. The molecule has 0 aliphatic heterocycles. The normalized spacial score (nSPS) is 11.8. The van der Waals surface area contributed by atoms with Crippen LogP contribution in [0.3, 0.4) is 0 Å². The fourth-order valence-electron chi connectivity index (χ4n) is 2.00.